The molecule has 1 amide bonds. The summed E-state index contributed by atoms with van der Waals surface area (Å²) in [7, 11) is 0. The first-order valence-electron chi connectivity index (χ1n) is 10.3. The lowest BCUT2D eigenvalue weighted by atomic mass is 10.2. The van der Waals surface area contributed by atoms with Crippen LogP contribution in [0.2, 0.25) is 0 Å². The number of hydrogen-bond acceptors (Lipinski definition) is 5. The van der Waals surface area contributed by atoms with Gasteiger partial charge in [0.1, 0.15) is 5.82 Å². The predicted octanol–water partition coefficient (Wildman–Crippen LogP) is 3.22. The molecule has 2 aromatic carbocycles. The van der Waals surface area contributed by atoms with Crippen LogP contribution in [-0.2, 0) is 17.9 Å². The van der Waals surface area contributed by atoms with Crippen LogP contribution in [-0.4, -0.2) is 36.4 Å². The molecule has 0 atom stereocenters. The second kappa shape index (κ2) is 9.04. The highest BCUT2D eigenvalue weighted by atomic mass is 79.9. The number of nitrogens with zero attached hydrogens (tertiary/aromatic N) is 4. The number of aryl methyl sites for hydroxylation is 1. The van der Waals surface area contributed by atoms with E-state index in [1.165, 1.54) is 10.9 Å². The van der Waals surface area contributed by atoms with Gasteiger partial charge in [0.15, 0.2) is 0 Å². The van der Waals surface area contributed by atoms with Gasteiger partial charge in [-0.25, -0.2) is 9.97 Å². The number of carbonyl (C=O) groups is 1. The summed E-state index contributed by atoms with van der Waals surface area (Å²) in [5, 5.41) is 1.00. The van der Waals surface area contributed by atoms with Crippen LogP contribution < -0.4 is 11.1 Å². The van der Waals surface area contributed by atoms with Crippen LogP contribution in [0.15, 0.2) is 62.9 Å². The minimum atomic E-state index is -0.235. The first-order chi connectivity index (χ1) is 15.3. The third-order valence-electron chi connectivity index (χ3n) is 5.28. The molecule has 4 aromatic rings. The van der Waals surface area contributed by atoms with Crippen molar-refractivity contribution in [3.8, 4) is 0 Å². The molecule has 8 nitrogen and oxygen atoms in total. The maximum absolute atomic E-state index is 13.0. The first-order valence-corrected chi connectivity index (χ1v) is 11.0. The maximum atomic E-state index is 13.0. The first kappa shape index (κ1) is 21.9. The second-order valence-electron chi connectivity index (χ2n) is 7.80. The topological polar surface area (TPSA) is 101 Å². The zero-order chi connectivity index (χ0) is 22.8. The molecule has 4 rings (SSSR count). The Morgan fingerprint density at radius 3 is 2.69 bits per heavy atom. The van der Waals surface area contributed by atoms with Crippen molar-refractivity contribution in [1.82, 2.24) is 24.4 Å². The standard InChI is InChI=1S/C23H22BrN5O3/c1-14(2)29(12-20-26-19-6-4-3-5-16(19)22(31)27-20)21(30)9-10-28-13-25-18-8-7-15(24)11-17(18)23(28)32/h3-8,11,13-14H,9-10,12H2,1-2H3,(H,26,27,31). The molecule has 0 aliphatic carbocycles. The normalized spacial score (nSPS) is 11.4. The molecule has 32 heavy (non-hydrogen) atoms. The minimum Gasteiger partial charge on any atom is -0.333 e. The number of rotatable bonds is 6. The van der Waals surface area contributed by atoms with Crippen LogP contribution in [0.25, 0.3) is 21.8 Å². The zero-order valence-electron chi connectivity index (χ0n) is 17.7. The summed E-state index contributed by atoms with van der Waals surface area (Å²) >= 11 is 3.37. The highest BCUT2D eigenvalue weighted by Gasteiger charge is 2.19. The molecule has 0 saturated heterocycles. The molecule has 0 unspecified atom stereocenters. The summed E-state index contributed by atoms with van der Waals surface area (Å²) in [5.74, 6) is 0.280. The molecular weight excluding hydrogens is 474 g/mol. The molecule has 9 heteroatoms. The van der Waals surface area contributed by atoms with Crippen molar-refractivity contribution in [3.63, 3.8) is 0 Å². The van der Waals surface area contributed by atoms with E-state index in [2.05, 4.69) is 30.9 Å². The number of halogens is 1. The Hall–Kier alpha value is -3.33. The molecule has 0 radical (unpaired) electrons. The zero-order valence-corrected chi connectivity index (χ0v) is 19.3. The van der Waals surface area contributed by atoms with Crippen molar-refractivity contribution in [3.05, 3.63) is 79.8 Å². The average Bonchev–Trinajstić information content (AvgIpc) is 2.77. The molecule has 1 N–H and O–H groups in total. The van der Waals surface area contributed by atoms with E-state index in [9.17, 15) is 14.4 Å². The van der Waals surface area contributed by atoms with Crippen molar-refractivity contribution in [2.24, 2.45) is 0 Å². The molecular formula is C23H22BrN5O3. The van der Waals surface area contributed by atoms with E-state index in [1.807, 2.05) is 26.0 Å². The van der Waals surface area contributed by atoms with Gasteiger partial charge in [0.05, 0.1) is 34.7 Å². The fourth-order valence-corrected chi connectivity index (χ4v) is 3.94. The van der Waals surface area contributed by atoms with Crippen molar-refractivity contribution < 1.29 is 4.79 Å². The SMILES string of the molecule is CC(C)N(Cc1nc2ccccc2c(=O)[nH]1)C(=O)CCn1cnc2ccc(Br)cc2c1=O. The van der Waals surface area contributed by atoms with Gasteiger partial charge in [-0.15, -0.1) is 0 Å². The number of aromatic amines is 1. The highest BCUT2D eigenvalue weighted by molar-refractivity contribution is 9.10. The van der Waals surface area contributed by atoms with Gasteiger partial charge in [0.25, 0.3) is 11.1 Å². The molecule has 0 aliphatic rings. The molecule has 2 heterocycles. The van der Waals surface area contributed by atoms with Crippen LogP contribution in [0.3, 0.4) is 0 Å². The molecule has 0 fully saturated rings. The predicted molar refractivity (Wildman–Crippen MR) is 126 cm³/mol. The Morgan fingerprint density at radius 1 is 1.12 bits per heavy atom. The molecule has 0 saturated carbocycles. The molecule has 0 aliphatic heterocycles. The van der Waals surface area contributed by atoms with Gasteiger partial charge in [0, 0.05) is 23.5 Å². The van der Waals surface area contributed by atoms with Crippen LogP contribution in [0.1, 0.15) is 26.1 Å². The van der Waals surface area contributed by atoms with E-state index < -0.39 is 0 Å². The van der Waals surface area contributed by atoms with E-state index in [0.717, 1.165) is 4.47 Å². The maximum Gasteiger partial charge on any atom is 0.261 e. The lowest BCUT2D eigenvalue weighted by Crippen LogP contribution is -2.38. The number of H-pyrrole nitrogens is 1. The minimum absolute atomic E-state index is 0.110. The number of nitrogens with one attached hydrogen (secondary N) is 1. The van der Waals surface area contributed by atoms with Crippen LogP contribution in [0.5, 0.6) is 0 Å². The lowest BCUT2D eigenvalue weighted by molar-refractivity contribution is -0.133. The summed E-state index contributed by atoms with van der Waals surface area (Å²) in [4.78, 5) is 51.4. The van der Waals surface area contributed by atoms with Crippen LogP contribution in [0, 0.1) is 0 Å². The van der Waals surface area contributed by atoms with Gasteiger partial charge in [-0.3, -0.25) is 19.0 Å². The largest absolute Gasteiger partial charge is 0.333 e. The number of para-hydroxylation sites is 1. The number of benzene rings is 2. The van der Waals surface area contributed by atoms with Gasteiger partial charge in [-0.2, -0.15) is 0 Å². The van der Waals surface area contributed by atoms with E-state index >= 15 is 0 Å². The third kappa shape index (κ3) is 4.47. The molecule has 0 bridgehead atoms. The number of hydrogen-bond donors (Lipinski definition) is 1. The molecule has 2 aromatic heterocycles. The number of amides is 1. The summed E-state index contributed by atoms with van der Waals surface area (Å²) in [6.45, 7) is 4.18. The Balaban J connectivity index is 1.53. The number of fused-ring (bicyclic) bond motifs is 2. The Bertz CT molecular complexity index is 1430. The average molecular weight is 496 g/mol. The molecule has 0 spiro atoms. The lowest BCUT2D eigenvalue weighted by Gasteiger charge is -2.26. The van der Waals surface area contributed by atoms with E-state index in [-0.39, 0.29) is 42.6 Å². The number of carbonyl (C=O) groups excluding carboxylic acids is 1. The summed E-state index contributed by atoms with van der Waals surface area (Å²) in [5.41, 5.74) is 0.765. The Kier molecular flexibility index (Phi) is 6.18. The van der Waals surface area contributed by atoms with Gasteiger partial charge in [-0.05, 0) is 44.2 Å². The smallest absolute Gasteiger partial charge is 0.261 e. The van der Waals surface area contributed by atoms with Crippen molar-refractivity contribution in [1.29, 1.82) is 0 Å². The fraction of sp³-hybridized carbons (Fsp3) is 0.261. The van der Waals surface area contributed by atoms with E-state index in [4.69, 9.17) is 0 Å². The van der Waals surface area contributed by atoms with Crippen molar-refractivity contribution in [2.75, 3.05) is 0 Å². The van der Waals surface area contributed by atoms with Gasteiger partial charge >= 0.3 is 0 Å². The van der Waals surface area contributed by atoms with Crippen molar-refractivity contribution in [2.45, 2.75) is 39.4 Å². The van der Waals surface area contributed by atoms with Gasteiger partial charge < -0.3 is 9.88 Å². The quantitative estimate of drug-likeness (QED) is 0.442. The second-order valence-corrected chi connectivity index (χ2v) is 8.72. The Labute approximate surface area is 192 Å². The van der Waals surface area contributed by atoms with Crippen LogP contribution in [0.4, 0.5) is 0 Å². The highest BCUT2D eigenvalue weighted by Crippen LogP contribution is 2.15. The summed E-state index contributed by atoms with van der Waals surface area (Å²) in [6.07, 6.45) is 1.59. The fourth-order valence-electron chi connectivity index (χ4n) is 3.58. The van der Waals surface area contributed by atoms with E-state index in [1.54, 1.807) is 35.2 Å². The summed E-state index contributed by atoms with van der Waals surface area (Å²) in [6, 6.07) is 12.3. The number of aromatic nitrogens is 4. The van der Waals surface area contributed by atoms with Gasteiger partial charge in [-0.1, -0.05) is 28.1 Å². The van der Waals surface area contributed by atoms with Gasteiger partial charge in [0.2, 0.25) is 5.91 Å². The van der Waals surface area contributed by atoms with Crippen molar-refractivity contribution >= 4 is 43.6 Å². The summed E-state index contributed by atoms with van der Waals surface area (Å²) < 4.78 is 2.24. The van der Waals surface area contributed by atoms with Crippen LogP contribution >= 0.6 is 15.9 Å². The van der Waals surface area contributed by atoms with E-state index in [0.29, 0.717) is 27.6 Å². The third-order valence-corrected chi connectivity index (χ3v) is 5.77. The molecule has 164 valence electrons. The monoisotopic (exact) mass is 495 g/mol. The Morgan fingerprint density at radius 2 is 1.91 bits per heavy atom.